The molecule has 0 bridgehead atoms. The summed E-state index contributed by atoms with van der Waals surface area (Å²) in [6.07, 6.45) is 0.385. The number of nitrogens with one attached hydrogen (secondary N) is 1. The normalized spacial score (nSPS) is 16.3. The minimum Gasteiger partial charge on any atom is -0.349 e. The third-order valence-corrected chi connectivity index (χ3v) is 0.752. The van der Waals surface area contributed by atoms with Crippen LogP contribution in [0, 0.1) is 0 Å². The predicted molar refractivity (Wildman–Crippen MR) is 31.4 cm³/mol. The lowest BCUT2D eigenvalue weighted by Gasteiger charge is -2.20. The molecular weight excluding hydrogens is 122 g/mol. The highest BCUT2D eigenvalue weighted by Crippen LogP contribution is 1.96. The van der Waals surface area contributed by atoms with Gasteiger partial charge in [-0.1, -0.05) is 0 Å². The molecule has 1 unspecified atom stereocenters. The van der Waals surface area contributed by atoms with Crippen LogP contribution in [0.25, 0.3) is 0 Å². The van der Waals surface area contributed by atoms with E-state index in [4.69, 9.17) is 5.11 Å². The van der Waals surface area contributed by atoms with Gasteiger partial charge in [-0.2, -0.15) is 0 Å². The summed E-state index contributed by atoms with van der Waals surface area (Å²) in [5.41, 5.74) is 0. The van der Waals surface area contributed by atoms with Gasteiger partial charge in [0.2, 0.25) is 12.3 Å². The summed E-state index contributed by atoms with van der Waals surface area (Å²) in [6.45, 7) is 3.43. The van der Waals surface area contributed by atoms with Gasteiger partial charge in [0, 0.05) is 13.5 Å². The van der Waals surface area contributed by atoms with Gasteiger partial charge in [0.05, 0.1) is 0 Å². The molecule has 0 spiro atoms. The molecule has 0 rings (SSSR count). The van der Waals surface area contributed by atoms with Crippen molar-refractivity contribution in [3.8, 4) is 0 Å². The second kappa shape index (κ2) is 3.42. The minimum atomic E-state index is -1.52. The monoisotopic (exact) mass is 133 g/mol. The molecule has 1 atom stereocenters. The maximum Gasteiger partial charge on any atom is 0.245 e. The van der Waals surface area contributed by atoms with E-state index in [2.05, 4.69) is 10.1 Å². The molecule has 0 aliphatic heterocycles. The Morgan fingerprint density at radius 2 is 2.44 bits per heavy atom. The molecule has 0 saturated heterocycles. The van der Waals surface area contributed by atoms with Crippen LogP contribution >= 0.6 is 0 Å². The van der Waals surface area contributed by atoms with E-state index in [-0.39, 0.29) is 0 Å². The maximum absolute atomic E-state index is 9.74. The van der Waals surface area contributed by atoms with Crippen molar-refractivity contribution in [3.05, 3.63) is 0 Å². The lowest BCUT2D eigenvalue weighted by atomic mass is 10.5. The lowest BCUT2D eigenvalue weighted by Crippen LogP contribution is -2.43. The van der Waals surface area contributed by atoms with E-state index >= 15 is 0 Å². The van der Waals surface area contributed by atoms with Gasteiger partial charge in [0.1, 0.15) is 0 Å². The van der Waals surface area contributed by atoms with Gasteiger partial charge in [0.25, 0.3) is 0 Å². The molecule has 0 aliphatic carbocycles. The fourth-order valence-corrected chi connectivity index (χ4v) is 0.432. The summed E-state index contributed by atoms with van der Waals surface area (Å²) in [7, 11) is 0. The second-order valence-electron chi connectivity index (χ2n) is 1.68. The van der Waals surface area contributed by atoms with Crippen LogP contribution in [0.15, 0.2) is 0 Å². The average molecular weight is 133 g/mol. The van der Waals surface area contributed by atoms with Gasteiger partial charge in [-0.3, -0.25) is 4.79 Å². The van der Waals surface area contributed by atoms with Gasteiger partial charge in [-0.05, 0) is 6.92 Å². The first-order valence-corrected chi connectivity index (χ1v) is 2.70. The number of hydrogen-bond acceptors (Lipinski definition) is 3. The van der Waals surface area contributed by atoms with E-state index in [0.29, 0.717) is 13.0 Å². The molecule has 4 nitrogen and oxygen atoms in total. The highest BCUT2D eigenvalue weighted by atomic mass is 16.6. The zero-order chi connectivity index (χ0) is 7.33. The van der Waals surface area contributed by atoms with Crippen LogP contribution in [0.4, 0.5) is 0 Å². The lowest BCUT2D eigenvalue weighted by molar-refractivity contribution is -0.205. The largest absolute Gasteiger partial charge is 0.349 e. The molecule has 4 heteroatoms. The SMILES string of the molecule is CCOC(C)(O)NC=O. The van der Waals surface area contributed by atoms with Crippen molar-refractivity contribution in [1.29, 1.82) is 0 Å². The van der Waals surface area contributed by atoms with Crippen molar-refractivity contribution in [1.82, 2.24) is 5.32 Å². The minimum absolute atomic E-state index is 0.355. The summed E-state index contributed by atoms with van der Waals surface area (Å²) in [5, 5.41) is 11.0. The summed E-state index contributed by atoms with van der Waals surface area (Å²) < 4.78 is 4.68. The molecule has 9 heavy (non-hydrogen) atoms. The first-order chi connectivity index (χ1) is 4.12. The molecule has 0 heterocycles. The Hall–Kier alpha value is -0.610. The molecule has 0 aromatic carbocycles. The Bertz CT molecular complexity index is 92.2. The van der Waals surface area contributed by atoms with Crippen LogP contribution in [-0.2, 0) is 9.53 Å². The second-order valence-corrected chi connectivity index (χ2v) is 1.68. The summed E-state index contributed by atoms with van der Waals surface area (Å²) in [6, 6.07) is 0. The number of aliphatic hydroxyl groups is 1. The standard InChI is InChI=1S/C5H11NO3/c1-3-9-5(2,8)6-4-7/h4,8H,3H2,1-2H3,(H,6,7). The molecule has 0 fully saturated rings. The topological polar surface area (TPSA) is 58.6 Å². The fourth-order valence-electron chi connectivity index (χ4n) is 0.432. The van der Waals surface area contributed by atoms with Crippen molar-refractivity contribution in [2.24, 2.45) is 0 Å². The molecule has 0 aliphatic rings. The van der Waals surface area contributed by atoms with Crippen LogP contribution in [0.2, 0.25) is 0 Å². The highest BCUT2D eigenvalue weighted by Gasteiger charge is 2.17. The molecule has 0 saturated carbocycles. The van der Waals surface area contributed by atoms with Crippen LogP contribution < -0.4 is 5.32 Å². The Morgan fingerprint density at radius 3 is 2.78 bits per heavy atom. The fraction of sp³-hybridized carbons (Fsp3) is 0.800. The third-order valence-electron chi connectivity index (χ3n) is 0.752. The van der Waals surface area contributed by atoms with Gasteiger partial charge in [0.15, 0.2) is 0 Å². The van der Waals surface area contributed by atoms with Gasteiger partial charge in [-0.15, -0.1) is 0 Å². The predicted octanol–water partition coefficient (Wildman–Crippen LogP) is -0.565. The van der Waals surface area contributed by atoms with E-state index in [0.717, 1.165) is 0 Å². The number of amides is 1. The number of hydrogen-bond donors (Lipinski definition) is 2. The highest BCUT2D eigenvalue weighted by molar-refractivity contribution is 5.46. The first kappa shape index (κ1) is 8.39. The maximum atomic E-state index is 9.74. The van der Waals surface area contributed by atoms with Crippen LogP contribution in [0.3, 0.4) is 0 Å². The van der Waals surface area contributed by atoms with E-state index in [9.17, 15) is 4.79 Å². The zero-order valence-electron chi connectivity index (χ0n) is 5.55. The quantitative estimate of drug-likeness (QED) is 0.399. The van der Waals surface area contributed by atoms with Crippen LogP contribution in [0.5, 0.6) is 0 Å². The van der Waals surface area contributed by atoms with Crippen molar-refractivity contribution in [2.45, 2.75) is 19.8 Å². The Balaban J connectivity index is 3.55. The third kappa shape index (κ3) is 3.93. The van der Waals surface area contributed by atoms with E-state index in [1.54, 1.807) is 6.92 Å². The summed E-state index contributed by atoms with van der Waals surface area (Å²) in [4.78, 5) is 9.74. The number of carbonyl (C=O) groups excluding carboxylic acids is 1. The Labute approximate surface area is 53.8 Å². The van der Waals surface area contributed by atoms with Crippen LogP contribution in [-0.4, -0.2) is 24.0 Å². The molecule has 2 N–H and O–H groups in total. The van der Waals surface area contributed by atoms with Gasteiger partial charge in [-0.25, -0.2) is 0 Å². The number of carbonyl (C=O) groups is 1. The Morgan fingerprint density at radius 1 is 1.89 bits per heavy atom. The van der Waals surface area contributed by atoms with Crippen LogP contribution in [0.1, 0.15) is 13.8 Å². The van der Waals surface area contributed by atoms with Gasteiger partial charge < -0.3 is 15.2 Å². The molecule has 54 valence electrons. The van der Waals surface area contributed by atoms with Crippen molar-refractivity contribution in [3.63, 3.8) is 0 Å². The van der Waals surface area contributed by atoms with Crippen molar-refractivity contribution < 1.29 is 14.6 Å². The molecular formula is C5H11NO3. The van der Waals surface area contributed by atoms with E-state index < -0.39 is 5.91 Å². The summed E-state index contributed by atoms with van der Waals surface area (Å²) >= 11 is 0. The number of rotatable bonds is 4. The van der Waals surface area contributed by atoms with Crippen molar-refractivity contribution in [2.75, 3.05) is 6.61 Å². The molecule has 0 radical (unpaired) electrons. The smallest absolute Gasteiger partial charge is 0.245 e. The van der Waals surface area contributed by atoms with Crippen molar-refractivity contribution >= 4 is 6.41 Å². The van der Waals surface area contributed by atoms with Gasteiger partial charge >= 0.3 is 0 Å². The molecule has 0 aromatic heterocycles. The average Bonchev–Trinajstić information content (AvgIpc) is 1.64. The van der Waals surface area contributed by atoms with E-state index in [1.807, 2.05) is 0 Å². The number of ether oxygens (including phenoxy) is 1. The first-order valence-electron chi connectivity index (χ1n) is 2.70. The molecule has 0 aromatic rings. The summed E-state index contributed by atoms with van der Waals surface area (Å²) in [5.74, 6) is -1.52. The Kier molecular flexibility index (Phi) is 3.19. The zero-order valence-corrected chi connectivity index (χ0v) is 5.55. The molecule has 1 amide bonds. The van der Waals surface area contributed by atoms with E-state index in [1.165, 1.54) is 6.92 Å².